The molecule has 1 heterocycles. The van der Waals surface area contributed by atoms with Crippen LogP contribution in [0.5, 0.6) is 0 Å². The smallest absolute Gasteiger partial charge is 0.0714 e. The molecule has 1 nitrogen and oxygen atoms in total. The molecule has 0 amide bonds. The van der Waals surface area contributed by atoms with Crippen LogP contribution in [0.15, 0.2) is 237 Å². The molecule has 1 aliphatic carbocycles. The van der Waals surface area contributed by atoms with E-state index in [0.717, 1.165) is 11.4 Å². The van der Waals surface area contributed by atoms with E-state index in [1.54, 1.807) is 0 Å². The van der Waals surface area contributed by atoms with E-state index in [1.165, 1.54) is 92.3 Å². The van der Waals surface area contributed by atoms with Gasteiger partial charge in [-0.25, -0.2) is 0 Å². The predicted octanol–water partition coefficient (Wildman–Crippen LogP) is 16.4. The molecule has 2 heteroatoms. The molecule has 0 radical (unpaired) electrons. The standard InChI is InChI=1S/C59H39NS/c1-4-15-40(16-5-1)42-27-33-47(34-28-42)60(48-35-29-43(30-36-48)41-17-6-2-7-18-41)55-26-14-24-50-52-39-46(32-38-56(52)61-58(50)55)59(45-20-8-3-9-21-45)53-25-13-12-23-51(53)57-49-22-11-10-19-44(49)31-37-54(57)59/h1-39H. The lowest BCUT2D eigenvalue weighted by Gasteiger charge is -2.34. The fourth-order valence-corrected chi connectivity index (χ4v) is 11.2. The van der Waals surface area contributed by atoms with Crippen LogP contribution in [0.25, 0.3) is 64.3 Å². The summed E-state index contributed by atoms with van der Waals surface area (Å²) in [5, 5.41) is 5.10. The lowest BCUT2D eigenvalue weighted by atomic mass is 9.67. The van der Waals surface area contributed by atoms with Gasteiger partial charge in [0, 0.05) is 26.8 Å². The van der Waals surface area contributed by atoms with Crippen molar-refractivity contribution in [2.45, 2.75) is 5.41 Å². The molecule has 0 spiro atoms. The number of hydrogen-bond donors (Lipinski definition) is 0. The zero-order valence-electron chi connectivity index (χ0n) is 33.4. The van der Waals surface area contributed by atoms with Gasteiger partial charge in [-0.3, -0.25) is 0 Å². The second-order valence-corrected chi connectivity index (χ2v) is 17.1. The van der Waals surface area contributed by atoms with E-state index in [0.29, 0.717) is 0 Å². The molecule has 1 atom stereocenters. The van der Waals surface area contributed by atoms with Gasteiger partial charge in [-0.1, -0.05) is 194 Å². The Hall–Kier alpha value is -7.52. The third kappa shape index (κ3) is 5.60. The highest BCUT2D eigenvalue weighted by Crippen LogP contribution is 2.58. The second kappa shape index (κ2) is 14.3. The Bertz CT molecular complexity index is 3310. The fourth-order valence-electron chi connectivity index (χ4n) is 10.0. The zero-order valence-corrected chi connectivity index (χ0v) is 34.2. The van der Waals surface area contributed by atoms with Crippen LogP contribution in [0.3, 0.4) is 0 Å². The number of hydrogen-bond acceptors (Lipinski definition) is 2. The summed E-state index contributed by atoms with van der Waals surface area (Å²) >= 11 is 1.88. The summed E-state index contributed by atoms with van der Waals surface area (Å²) in [4.78, 5) is 2.43. The van der Waals surface area contributed by atoms with E-state index in [-0.39, 0.29) is 0 Å². The van der Waals surface area contributed by atoms with Gasteiger partial charge in [0.1, 0.15) is 0 Å². The van der Waals surface area contributed by atoms with Crippen molar-refractivity contribution in [2.75, 3.05) is 4.90 Å². The van der Waals surface area contributed by atoms with Crippen LogP contribution in [0.1, 0.15) is 22.3 Å². The van der Waals surface area contributed by atoms with Crippen molar-refractivity contribution in [3.05, 3.63) is 259 Å². The third-order valence-corrected chi connectivity index (χ3v) is 14.0. The van der Waals surface area contributed by atoms with Gasteiger partial charge < -0.3 is 4.90 Å². The van der Waals surface area contributed by atoms with Crippen molar-refractivity contribution in [1.82, 2.24) is 0 Å². The normalized spacial score (nSPS) is 14.3. The maximum Gasteiger partial charge on any atom is 0.0714 e. The first-order chi connectivity index (χ1) is 30.3. The van der Waals surface area contributed by atoms with Crippen LogP contribution in [0.4, 0.5) is 17.1 Å². The molecule has 61 heavy (non-hydrogen) atoms. The van der Waals surface area contributed by atoms with Gasteiger partial charge in [0.05, 0.1) is 15.8 Å². The molecule has 0 fully saturated rings. The number of anilines is 3. The molecule has 1 unspecified atom stereocenters. The molecule has 11 aromatic rings. The summed E-state index contributed by atoms with van der Waals surface area (Å²) in [7, 11) is 0. The molecule has 0 aliphatic heterocycles. The van der Waals surface area contributed by atoms with Gasteiger partial charge in [-0.05, 0) is 109 Å². The Balaban J connectivity index is 1.06. The van der Waals surface area contributed by atoms with Crippen molar-refractivity contribution >= 4 is 59.3 Å². The van der Waals surface area contributed by atoms with E-state index < -0.39 is 5.41 Å². The highest BCUT2D eigenvalue weighted by atomic mass is 32.1. The number of nitrogens with zero attached hydrogens (tertiary/aromatic N) is 1. The Kier molecular flexibility index (Phi) is 8.33. The van der Waals surface area contributed by atoms with Gasteiger partial charge in [-0.15, -0.1) is 11.3 Å². The first-order valence-corrected chi connectivity index (χ1v) is 21.8. The number of rotatable bonds is 7. The molecule has 12 rings (SSSR count). The minimum Gasteiger partial charge on any atom is -0.309 e. The molecule has 0 N–H and O–H groups in total. The van der Waals surface area contributed by atoms with Crippen molar-refractivity contribution in [1.29, 1.82) is 0 Å². The minimum atomic E-state index is -0.496. The van der Waals surface area contributed by atoms with Gasteiger partial charge in [0.15, 0.2) is 0 Å². The topological polar surface area (TPSA) is 3.24 Å². The van der Waals surface area contributed by atoms with Crippen LogP contribution < -0.4 is 4.90 Å². The molecule has 1 aromatic heterocycles. The Labute approximate surface area is 360 Å². The van der Waals surface area contributed by atoms with Crippen LogP contribution in [0.2, 0.25) is 0 Å². The van der Waals surface area contributed by atoms with Gasteiger partial charge in [-0.2, -0.15) is 0 Å². The Morgan fingerprint density at radius 2 is 0.934 bits per heavy atom. The molecular formula is C59H39NS. The lowest BCUT2D eigenvalue weighted by molar-refractivity contribution is 0.770. The molecule has 0 saturated carbocycles. The number of benzene rings is 10. The van der Waals surface area contributed by atoms with Crippen LogP contribution in [-0.2, 0) is 5.41 Å². The first-order valence-electron chi connectivity index (χ1n) is 21.0. The number of thiophene rings is 1. The molecule has 286 valence electrons. The van der Waals surface area contributed by atoms with Gasteiger partial charge in [0.2, 0.25) is 0 Å². The third-order valence-electron chi connectivity index (χ3n) is 12.8. The zero-order chi connectivity index (χ0) is 40.3. The molecular weight excluding hydrogens is 755 g/mol. The maximum atomic E-state index is 2.50. The van der Waals surface area contributed by atoms with Crippen LogP contribution in [-0.4, -0.2) is 0 Å². The lowest BCUT2D eigenvalue weighted by Crippen LogP contribution is -2.28. The highest BCUT2D eigenvalue weighted by molar-refractivity contribution is 7.26. The average molecular weight is 794 g/mol. The molecule has 1 aliphatic rings. The first kappa shape index (κ1) is 35.4. The Morgan fingerprint density at radius 1 is 0.361 bits per heavy atom. The fraction of sp³-hybridized carbons (Fsp3) is 0.0169. The van der Waals surface area contributed by atoms with Crippen molar-refractivity contribution < 1.29 is 0 Å². The Morgan fingerprint density at radius 3 is 1.62 bits per heavy atom. The average Bonchev–Trinajstić information content (AvgIpc) is 3.87. The van der Waals surface area contributed by atoms with E-state index in [4.69, 9.17) is 0 Å². The second-order valence-electron chi connectivity index (χ2n) is 16.0. The van der Waals surface area contributed by atoms with Crippen molar-refractivity contribution in [2.24, 2.45) is 0 Å². The van der Waals surface area contributed by atoms with Crippen molar-refractivity contribution in [3.8, 4) is 33.4 Å². The largest absolute Gasteiger partial charge is 0.309 e. The summed E-state index contributed by atoms with van der Waals surface area (Å²) in [5.74, 6) is 0. The van der Waals surface area contributed by atoms with E-state index in [1.807, 2.05) is 11.3 Å². The monoisotopic (exact) mass is 793 g/mol. The maximum absolute atomic E-state index is 2.50. The summed E-state index contributed by atoms with van der Waals surface area (Å²) in [6, 6.07) is 87.2. The molecule has 0 saturated heterocycles. The summed E-state index contributed by atoms with van der Waals surface area (Å²) in [6.45, 7) is 0. The van der Waals surface area contributed by atoms with E-state index in [2.05, 4.69) is 241 Å². The van der Waals surface area contributed by atoms with Crippen LogP contribution >= 0.6 is 11.3 Å². The predicted molar refractivity (Wildman–Crippen MR) is 260 cm³/mol. The van der Waals surface area contributed by atoms with Crippen LogP contribution in [0, 0.1) is 0 Å². The quantitative estimate of drug-likeness (QED) is 0.155. The minimum absolute atomic E-state index is 0.496. The SMILES string of the molecule is c1ccc(-c2ccc(N(c3ccc(-c4ccccc4)cc3)c3cccc4c3sc3ccc(C5(c6ccccc6)c6ccccc6-c6c5ccc5ccccc65)cc34)cc2)cc1. The van der Waals surface area contributed by atoms with Gasteiger partial charge in [0.25, 0.3) is 0 Å². The summed E-state index contributed by atoms with van der Waals surface area (Å²) in [5.41, 5.74) is 15.6. The molecule has 10 aromatic carbocycles. The summed E-state index contributed by atoms with van der Waals surface area (Å²) < 4.78 is 2.54. The number of fused-ring (bicyclic) bond motifs is 8. The van der Waals surface area contributed by atoms with Crippen molar-refractivity contribution in [3.63, 3.8) is 0 Å². The van der Waals surface area contributed by atoms with Gasteiger partial charge >= 0.3 is 0 Å². The summed E-state index contributed by atoms with van der Waals surface area (Å²) in [6.07, 6.45) is 0. The molecule has 0 bridgehead atoms. The van der Waals surface area contributed by atoms with E-state index in [9.17, 15) is 0 Å². The van der Waals surface area contributed by atoms with E-state index >= 15 is 0 Å². The highest BCUT2D eigenvalue weighted by Gasteiger charge is 2.46.